The Labute approximate surface area is 258 Å². The average Bonchev–Trinajstić information content (AvgIpc) is 2.96. The first kappa shape index (κ1) is 34.2. The number of benzene rings is 1. The lowest BCUT2D eigenvalue weighted by Gasteiger charge is -2.14. The highest BCUT2D eigenvalue weighted by Crippen LogP contribution is 2.26. The van der Waals surface area contributed by atoms with Crippen LogP contribution in [0.25, 0.3) is 0 Å². The van der Waals surface area contributed by atoms with Crippen LogP contribution in [-0.2, 0) is 9.68 Å². The Kier molecular flexibility index (Phi) is 13.0. The molecule has 20 nitrogen and oxygen atoms in total. The van der Waals surface area contributed by atoms with Gasteiger partial charge in [-0.2, -0.15) is 29.9 Å². The summed E-state index contributed by atoms with van der Waals surface area (Å²) in [5.74, 6) is -1.92. The zero-order chi connectivity index (χ0) is 32.8. The van der Waals surface area contributed by atoms with Crippen LogP contribution in [0.1, 0.15) is 10.4 Å². The number of anilines is 7. The van der Waals surface area contributed by atoms with Crippen molar-refractivity contribution < 1.29 is 29.9 Å². The molecule has 0 aliphatic carbocycles. The van der Waals surface area contributed by atoms with Gasteiger partial charge in [-0.1, -0.05) is 0 Å². The van der Waals surface area contributed by atoms with Gasteiger partial charge in [0.2, 0.25) is 29.7 Å². The Bertz CT molecular complexity index is 1470. The molecule has 1 aromatic carbocycles. The molecule has 0 saturated carbocycles. The minimum Gasteiger partial charge on any atom is -0.480 e. The number of aromatic carboxylic acids is 1. The monoisotopic (exact) mass is 628 g/mol. The molecule has 0 spiro atoms. The first-order valence-corrected chi connectivity index (χ1v) is 13.5. The van der Waals surface area contributed by atoms with Crippen molar-refractivity contribution in [3.05, 3.63) is 23.8 Å². The minimum atomic E-state index is -1.25. The smallest absolute Gasteiger partial charge is 0.337 e. The fourth-order valence-electron chi connectivity index (χ4n) is 3.39. The van der Waals surface area contributed by atoms with E-state index in [0.29, 0.717) is 31.9 Å². The van der Waals surface area contributed by atoms with Crippen LogP contribution < -0.4 is 26.6 Å². The maximum atomic E-state index is 12.2. The van der Waals surface area contributed by atoms with Crippen LogP contribution in [0.2, 0.25) is 0 Å². The zero-order valence-corrected chi connectivity index (χ0v) is 25.1. The van der Waals surface area contributed by atoms with Crippen LogP contribution in [0, 0.1) is 0 Å². The summed E-state index contributed by atoms with van der Waals surface area (Å²) in [5, 5.41) is 42.1. The summed E-state index contributed by atoms with van der Waals surface area (Å²) >= 11 is 0. The van der Waals surface area contributed by atoms with Crippen molar-refractivity contribution in [3.8, 4) is 0 Å². The summed E-state index contributed by atoms with van der Waals surface area (Å²) in [7, 11) is 7.64. The quantitative estimate of drug-likeness (QED) is 0.0520. The maximum absolute atomic E-state index is 12.2. The van der Waals surface area contributed by atoms with Gasteiger partial charge in [-0.3, -0.25) is 10.1 Å². The summed E-state index contributed by atoms with van der Waals surface area (Å²) < 4.78 is 0. The number of nitrogens with zero attached hydrogens (tertiary/aromatic N) is 9. The lowest BCUT2D eigenvalue weighted by atomic mass is 10.1. The van der Waals surface area contributed by atoms with E-state index in [4.69, 9.17) is 10.4 Å². The van der Waals surface area contributed by atoms with Crippen LogP contribution >= 0.6 is 0 Å². The van der Waals surface area contributed by atoms with E-state index in [2.05, 4.69) is 66.4 Å². The Morgan fingerprint density at radius 3 is 1.96 bits per heavy atom. The topological polar surface area (TPSA) is 260 Å². The lowest BCUT2D eigenvalue weighted by molar-refractivity contribution is -0.226. The number of aromatic nitrogens is 6. The summed E-state index contributed by atoms with van der Waals surface area (Å²) in [5.41, 5.74) is 0.352. The number of nitrogens with one attached hydrogen (secondary N) is 5. The Morgan fingerprint density at radius 1 is 0.822 bits per heavy atom. The lowest BCUT2D eigenvalue weighted by Crippen LogP contribution is -2.22. The van der Waals surface area contributed by atoms with Crippen LogP contribution in [0.3, 0.4) is 0 Å². The molecule has 3 rings (SSSR count). The molecule has 0 aliphatic heterocycles. The zero-order valence-electron chi connectivity index (χ0n) is 25.1. The highest BCUT2D eigenvalue weighted by molar-refractivity contribution is 5.96. The summed E-state index contributed by atoms with van der Waals surface area (Å²) in [6.07, 6.45) is 1.25. The second-order valence-corrected chi connectivity index (χ2v) is 9.72. The normalized spacial score (nSPS) is 11.2. The molecular formula is C25H36N14O6. The van der Waals surface area contributed by atoms with Gasteiger partial charge in [0, 0.05) is 38.1 Å². The van der Waals surface area contributed by atoms with Crippen molar-refractivity contribution in [2.75, 3.05) is 94.1 Å². The van der Waals surface area contributed by atoms with E-state index < -0.39 is 18.5 Å². The summed E-state index contributed by atoms with van der Waals surface area (Å²) in [6, 6.07) is 4.43. The molecule has 0 fully saturated rings. The predicted octanol–water partition coefficient (Wildman–Crippen LogP) is 0.877. The van der Waals surface area contributed by atoms with Crippen LogP contribution in [0.5, 0.6) is 0 Å². The van der Waals surface area contributed by atoms with Crippen molar-refractivity contribution in [2.45, 2.75) is 0 Å². The number of carbonyl (C=O) groups is 2. The molecule has 20 heteroatoms. The van der Waals surface area contributed by atoms with Gasteiger partial charge in [0.1, 0.15) is 13.2 Å². The molecular weight excluding hydrogens is 592 g/mol. The van der Waals surface area contributed by atoms with Crippen molar-refractivity contribution in [3.63, 3.8) is 0 Å². The largest absolute Gasteiger partial charge is 0.480 e. The molecule has 0 saturated heterocycles. The summed E-state index contributed by atoms with van der Waals surface area (Å²) in [6.45, 7) is 1.78. The van der Waals surface area contributed by atoms with Crippen molar-refractivity contribution >= 4 is 65.2 Å². The number of carboxylic acid groups (broad SMARTS) is 2. The average molecular weight is 629 g/mol. The van der Waals surface area contributed by atoms with Gasteiger partial charge in [0.25, 0.3) is 5.95 Å². The van der Waals surface area contributed by atoms with Crippen LogP contribution in [-0.4, -0.2) is 141 Å². The molecule has 45 heavy (non-hydrogen) atoms. The third-order valence-corrected chi connectivity index (χ3v) is 5.45. The van der Waals surface area contributed by atoms with E-state index in [1.54, 1.807) is 6.07 Å². The highest BCUT2D eigenvalue weighted by atomic mass is 17.1. The fraction of sp³-hybridized carbons (Fsp3) is 0.400. The summed E-state index contributed by atoms with van der Waals surface area (Å²) in [4.78, 5) is 60.7. The number of rotatable bonds is 19. The Hall–Kier alpha value is -5.31. The van der Waals surface area contributed by atoms with E-state index in [1.807, 2.05) is 38.0 Å². The molecule has 0 aliphatic rings. The van der Waals surface area contributed by atoms with Gasteiger partial charge in [-0.25, -0.2) is 14.7 Å². The highest BCUT2D eigenvalue weighted by Gasteiger charge is 2.16. The van der Waals surface area contributed by atoms with Gasteiger partial charge in [-0.15, -0.1) is 0 Å². The van der Waals surface area contributed by atoms with Crippen LogP contribution in [0.15, 0.2) is 23.2 Å². The van der Waals surface area contributed by atoms with E-state index in [9.17, 15) is 14.7 Å². The second kappa shape index (κ2) is 17.1. The molecule has 0 unspecified atom stereocenters. The minimum absolute atomic E-state index is 0.00726. The van der Waals surface area contributed by atoms with Gasteiger partial charge < -0.3 is 46.6 Å². The van der Waals surface area contributed by atoms with E-state index in [1.165, 1.54) is 18.3 Å². The first-order chi connectivity index (χ1) is 21.5. The Balaban J connectivity index is 1.88. The fourth-order valence-corrected chi connectivity index (χ4v) is 3.39. The number of likely N-dealkylation sites (N-methyl/N-ethyl adjacent to an activating group) is 2. The molecule has 8 N–H and O–H groups in total. The molecule has 0 amide bonds. The maximum Gasteiger partial charge on any atom is 0.337 e. The third kappa shape index (κ3) is 12.1. The van der Waals surface area contributed by atoms with Gasteiger partial charge >= 0.3 is 11.9 Å². The second-order valence-electron chi connectivity index (χ2n) is 9.72. The van der Waals surface area contributed by atoms with Crippen LogP contribution in [0.4, 0.5) is 47.1 Å². The number of aliphatic carboxylic acids is 1. The van der Waals surface area contributed by atoms with E-state index >= 15 is 0 Å². The standard InChI is InChI=1S/C25H36N14O6/c1-38(2)10-7-26-20-32-22(28-9-12-45-44)36-25(35-20)31-17-6-5-15(13-16(17)19(42)43)30-24-34-21(27-8-11-39(3)4)33-23(37-24)29-14-18(40)41/h5-6,9,13,44H,7-8,10-12,14H2,1-4H3,(H,40,41)(H,42,43)(H2,26,31,32,35,36)(H3,27,29,30,33,34,37). The SMILES string of the molecule is CN(C)CCNc1nc(NCC(=O)O)nc(Nc2ccc(Nc3nc(N=CCOO)nc(NCCN(C)C)n3)c(C(=O)O)c2)n1. The van der Waals surface area contributed by atoms with Crippen molar-refractivity contribution in [1.82, 2.24) is 39.7 Å². The number of hydrogen-bond donors (Lipinski definition) is 8. The number of hydrogen-bond acceptors (Lipinski definition) is 18. The Morgan fingerprint density at radius 2 is 1.38 bits per heavy atom. The van der Waals surface area contributed by atoms with E-state index in [-0.39, 0.29) is 53.5 Å². The molecule has 0 radical (unpaired) electrons. The van der Waals surface area contributed by atoms with E-state index in [0.717, 1.165) is 0 Å². The number of carboxylic acids is 2. The van der Waals surface area contributed by atoms with Crippen molar-refractivity contribution in [2.24, 2.45) is 4.99 Å². The molecule has 0 atom stereocenters. The molecule has 2 aromatic heterocycles. The molecule has 0 bridgehead atoms. The van der Waals surface area contributed by atoms with Crippen molar-refractivity contribution in [1.29, 1.82) is 0 Å². The predicted molar refractivity (Wildman–Crippen MR) is 167 cm³/mol. The molecule has 242 valence electrons. The van der Waals surface area contributed by atoms with Gasteiger partial charge in [0.15, 0.2) is 0 Å². The van der Waals surface area contributed by atoms with Gasteiger partial charge in [0.05, 0.1) is 11.3 Å². The van der Waals surface area contributed by atoms with Gasteiger partial charge in [-0.05, 0) is 46.4 Å². The third-order valence-electron chi connectivity index (χ3n) is 5.45. The molecule has 2 heterocycles. The number of aliphatic imine (C=N–C) groups is 1. The molecule has 3 aromatic rings. The first-order valence-electron chi connectivity index (χ1n) is 13.5.